The van der Waals surface area contributed by atoms with E-state index < -0.39 is 6.04 Å². The van der Waals surface area contributed by atoms with Gasteiger partial charge >= 0.3 is 0 Å². The molecule has 2 N–H and O–H groups in total. The molecule has 9 nitrogen and oxygen atoms in total. The lowest BCUT2D eigenvalue weighted by Crippen LogP contribution is -2.31. The number of para-hydroxylation sites is 1. The maximum atomic E-state index is 13.8. The van der Waals surface area contributed by atoms with Gasteiger partial charge in [-0.15, -0.1) is 0 Å². The first-order chi connectivity index (χ1) is 18.1. The second-order valence-electron chi connectivity index (χ2n) is 8.43. The van der Waals surface area contributed by atoms with Crippen LogP contribution in [0.4, 0.5) is 11.6 Å². The van der Waals surface area contributed by atoms with Crippen LogP contribution in [-0.4, -0.2) is 34.9 Å². The molecule has 4 aromatic rings. The van der Waals surface area contributed by atoms with Crippen LogP contribution in [0.25, 0.3) is 0 Å². The molecule has 5 rings (SSSR count). The Bertz CT molecular complexity index is 1450. The number of benzene rings is 3. The van der Waals surface area contributed by atoms with Crippen molar-refractivity contribution in [3.8, 4) is 17.2 Å². The van der Waals surface area contributed by atoms with E-state index in [-0.39, 0.29) is 5.91 Å². The van der Waals surface area contributed by atoms with E-state index in [0.717, 1.165) is 11.1 Å². The highest BCUT2D eigenvalue weighted by molar-refractivity contribution is 6.06. The summed E-state index contributed by atoms with van der Waals surface area (Å²) in [5, 5.41) is 10.6. The van der Waals surface area contributed by atoms with Gasteiger partial charge in [-0.05, 0) is 30.7 Å². The molecule has 1 aliphatic heterocycles. The number of methoxy groups -OCH3 is 2. The SMILES string of the molecule is COc1ccc(OC)c(NC(=O)C2=C(C)Nc3ncnn3C2c2ccccc2OCc2ccccc2)c1. The Morgan fingerprint density at radius 2 is 1.78 bits per heavy atom. The number of hydrogen-bond acceptors (Lipinski definition) is 7. The summed E-state index contributed by atoms with van der Waals surface area (Å²) >= 11 is 0. The molecule has 0 aliphatic carbocycles. The molecule has 1 amide bonds. The fourth-order valence-corrected chi connectivity index (χ4v) is 4.35. The monoisotopic (exact) mass is 497 g/mol. The molecule has 0 saturated carbocycles. The van der Waals surface area contributed by atoms with Crippen molar-refractivity contribution in [2.75, 3.05) is 24.9 Å². The van der Waals surface area contributed by atoms with Crippen LogP contribution in [-0.2, 0) is 11.4 Å². The Morgan fingerprint density at radius 1 is 1.00 bits per heavy atom. The zero-order valence-electron chi connectivity index (χ0n) is 20.8. The number of amides is 1. The average molecular weight is 498 g/mol. The van der Waals surface area contributed by atoms with Gasteiger partial charge in [0.05, 0.1) is 25.5 Å². The number of aromatic nitrogens is 3. The molecule has 0 fully saturated rings. The number of nitrogens with one attached hydrogen (secondary N) is 2. The third kappa shape index (κ3) is 4.84. The number of hydrogen-bond donors (Lipinski definition) is 2. The number of ether oxygens (including phenoxy) is 3. The van der Waals surface area contributed by atoms with Crippen molar-refractivity contribution in [3.05, 3.63) is 102 Å². The van der Waals surface area contributed by atoms with Crippen LogP contribution in [0.1, 0.15) is 24.1 Å². The van der Waals surface area contributed by atoms with Gasteiger partial charge in [0.1, 0.15) is 36.2 Å². The molecule has 0 spiro atoms. The molecule has 3 aromatic carbocycles. The number of anilines is 2. The zero-order valence-corrected chi connectivity index (χ0v) is 20.8. The van der Waals surface area contributed by atoms with Gasteiger partial charge in [0.2, 0.25) is 5.95 Å². The van der Waals surface area contributed by atoms with E-state index in [2.05, 4.69) is 20.7 Å². The highest BCUT2D eigenvalue weighted by Crippen LogP contribution is 2.40. The average Bonchev–Trinajstić information content (AvgIpc) is 3.40. The predicted octanol–water partition coefficient (Wildman–Crippen LogP) is 4.80. The molecule has 1 atom stereocenters. The molecule has 1 unspecified atom stereocenters. The maximum absolute atomic E-state index is 13.8. The minimum Gasteiger partial charge on any atom is -0.497 e. The Labute approximate surface area is 214 Å². The van der Waals surface area contributed by atoms with E-state index in [1.807, 2.05) is 61.5 Å². The number of fused-ring (bicyclic) bond motifs is 1. The van der Waals surface area contributed by atoms with Crippen molar-refractivity contribution < 1.29 is 19.0 Å². The van der Waals surface area contributed by atoms with Crippen molar-refractivity contribution in [1.82, 2.24) is 14.8 Å². The Morgan fingerprint density at radius 3 is 2.57 bits per heavy atom. The van der Waals surface area contributed by atoms with Crippen molar-refractivity contribution in [3.63, 3.8) is 0 Å². The van der Waals surface area contributed by atoms with E-state index in [9.17, 15) is 4.79 Å². The summed E-state index contributed by atoms with van der Waals surface area (Å²) in [6, 6.07) is 22.2. The van der Waals surface area contributed by atoms with Crippen LogP contribution in [0.15, 0.2) is 90.4 Å². The smallest absolute Gasteiger partial charge is 0.255 e. The lowest BCUT2D eigenvalue weighted by Gasteiger charge is -2.30. The summed E-state index contributed by atoms with van der Waals surface area (Å²) in [6.45, 7) is 2.23. The summed E-state index contributed by atoms with van der Waals surface area (Å²) in [7, 11) is 3.12. The molecule has 2 heterocycles. The highest BCUT2D eigenvalue weighted by Gasteiger charge is 2.35. The highest BCUT2D eigenvalue weighted by atomic mass is 16.5. The van der Waals surface area contributed by atoms with Crippen molar-refractivity contribution in [2.24, 2.45) is 0 Å². The number of rotatable bonds is 8. The fourth-order valence-electron chi connectivity index (χ4n) is 4.35. The van der Waals surface area contributed by atoms with E-state index >= 15 is 0 Å². The largest absolute Gasteiger partial charge is 0.497 e. The van der Waals surface area contributed by atoms with Crippen LogP contribution < -0.4 is 24.8 Å². The van der Waals surface area contributed by atoms with E-state index in [4.69, 9.17) is 14.2 Å². The van der Waals surface area contributed by atoms with Crippen molar-refractivity contribution >= 4 is 17.5 Å². The predicted molar refractivity (Wildman–Crippen MR) is 140 cm³/mol. The molecular weight excluding hydrogens is 470 g/mol. The first-order valence-corrected chi connectivity index (χ1v) is 11.8. The van der Waals surface area contributed by atoms with E-state index in [0.29, 0.717) is 46.8 Å². The van der Waals surface area contributed by atoms with Crippen LogP contribution >= 0.6 is 0 Å². The molecule has 1 aromatic heterocycles. The van der Waals surface area contributed by atoms with Gasteiger partial charge in [-0.25, -0.2) is 4.68 Å². The quantitative estimate of drug-likeness (QED) is 0.361. The molecular formula is C28H27N5O4. The third-order valence-corrected chi connectivity index (χ3v) is 6.14. The van der Waals surface area contributed by atoms with E-state index in [1.165, 1.54) is 6.33 Å². The lowest BCUT2D eigenvalue weighted by atomic mass is 9.94. The Balaban J connectivity index is 1.53. The van der Waals surface area contributed by atoms with Crippen LogP contribution in [0.5, 0.6) is 17.2 Å². The molecule has 0 saturated heterocycles. The number of nitrogens with zero attached hydrogens (tertiary/aromatic N) is 3. The van der Waals surface area contributed by atoms with Crippen molar-refractivity contribution in [2.45, 2.75) is 19.6 Å². The first kappa shape index (κ1) is 23.9. The van der Waals surface area contributed by atoms with Gasteiger partial charge in [0, 0.05) is 17.3 Å². The normalized spacial score (nSPS) is 14.4. The fraction of sp³-hybridized carbons (Fsp3) is 0.179. The minimum absolute atomic E-state index is 0.319. The second kappa shape index (κ2) is 10.4. The minimum atomic E-state index is -0.581. The molecule has 0 radical (unpaired) electrons. The van der Waals surface area contributed by atoms with Gasteiger partial charge in [-0.3, -0.25) is 4.79 Å². The van der Waals surface area contributed by atoms with E-state index in [1.54, 1.807) is 37.1 Å². The topological polar surface area (TPSA) is 99.5 Å². The third-order valence-electron chi connectivity index (χ3n) is 6.14. The summed E-state index contributed by atoms with van der Waals surface area (Å²) in [5.41, 5.74) is 3.44. The molecule has 37 heavy (non-hydrogen) atoms. The molecule has 9 heteroatoms. The maximum Gasteiger partial charge on any atom is 0.255 e. The summed E-state index contributed by atoms with van der Waals surface area (Å²) in [6.07, 6.45) is 1.46. The Kier molecular flexibility index (Phi) is 6.76. The van der Waals surface area contributed by atoms with Gasteiger partial charge in [0.25, 0.3) is 5.91 Å². The number of carbonyl (C=O) groups is 1. The summed E-state index contributed by atoms with van der Waals surface area (Å²) in [4.78, 5) is 18.2. The second-order valence-corrected chi connectivity index (χ2v) is 8.43. The molecule has 0 bridgehead atoms. The molecule has 1 aliphatic rings. The van der Waals surface area contributed by atoms with Gasteiger partial charge in [-0.2, -0.15) is 10.1 Å². The van der Waals surface area contributed by atoms with Crippen molar-refractivity contribution in [1.29, 1.82) is 0 Å². The van der Waals surface area contributed by atoms with Gasteiger partial charge < -0.3 is 24.8 Å². The van der Waals surface area contributed by atoms with Crippen LogP contribution in [0.3, 0.4) is 0 Å². The zero-order chi connectivity index (χ0) is 25.8. The van der Waals surface area contributed by atoms with Crippen LogP contribution in [0.2, 0.25) is 0 Å². The number of carbonyl (C=O) groups excluding carboxylic acids is 1. The standard InChI is InChI=1S/C28H27N5O4/c1-18-25(27(34)32-22-15-20(35-2)13-14-24(22)36-3)26(33-28(31-18)29-17-30-33)21-11-7-8-12-23(21)37-16-19-9-5-4-6-10-19/h4-15,17,26H,16H2,1-3H3,(H,32,34)(H,29,30,31). The van der Waals surface area contributed by atoms with Crippen LogP contribution in [0, 0.1) is 0 Å². The molecule has 188 valence electrons. The summed E-state index contributed by atoms with van der Waals surface area (Å²) < 4.78 is 18.7. The first-order valence-electron chi connectivity index (χ1n) is 11.8. The summed E-state index contributed by atoms with van der Waals surface area (Å²) in [5.74, 6) is 1.98. The number of allylic oxidation sites excluding steroid dienone is 1. The lowest BCUT2D eigenvalue weighted by molar-refractivity contribution is -0.113. The Hall–Kier alpha value is -4.79. The van der Waals surface area contributed by atoms with Gasteiger partial charge in [-0.1, -0.05) is 48.5 Å². The van der Waals surface area contributed by atoms with Gasteiger partial charge in [0.15, 0.2) is 0 Å².